The predicted octanol–water partition coefficient (Wildman–Crippen LogP) is 0.312. The minimum Gasteiger partial charge on any atom is -0.339 e. The highest BCUT2D eigenvalue weighted by molar-refractivity contribution is 7.89. The molecule has 1 aromatic heterocycles. The molecule has 0 spiro atoms. The lowest BCUT2D eigenvalue weighted by Crippen LogP contribution is -2.44. The maximum absolute atomic E-state index is 12.5. The average molecular weight is 272 g/mol. The first-order chi connectivity index (χ1) is 8.55. The summed E-state index contributed by atoms with van der Waals surface area (Å²) < 4.78 is 28.2. The number of sulfonamides is 1. The van der Waals surface area contributed by atoms with Crippen molar-refractivity contribution in [1.29, 1.82) is 0 Å². The second-order valence-corrected chi connectivity index (χ2v) is 6.57. The van der Waals surface area contributed by atoms with E-state index in [2.05, 4.69) is 4.98 Å². The van der Waals surface area contributed by atoms with Gasteiger partial charge in [0.25, 0.3) is 10.0 Å². The van der Waals surface area contributed by atoms with E-state index < -0.39 is 10.0 Å². The molecule has 2 N–H and O–H groups in total. The summed E-state index contributed by atoms with van der Waals surface area (Å²) in [4.78, 5) is 3.95. The van der Waals surface area contributed by atoms with Crippen LogP contribution in [0.25, 0.3) is 0 Å². The molecule has 1 saturated heterocycles. The molecule has 0 saturated carbocycles. The van der Waals surface area contributed by atoms with E-state index in [9.17, 15) is 8.42 Å². The van der Waals surface area contributed by atoms with E-state index in [1.54, 1.807) is 11.6 Å². The van der Waals surface area contributed by atoms with Gasteiger partial charge in [-0.3, -0.25) is 0 Å². The Morgan fingerprint density at radius 1 is 1.44 bits per heavy atom. The van der Waals surface area contributed by atoms with E-state index in [1.807, 2.05) is 0 Å². The summed E-state index contributed by atoms with van der Waals surface area (Å²) in [5.41, 5.74) is 5.71. The van der Waals surface area contributed by atoms with Gasteiger partial charge in [0, 0.05) is 32.4 Å². The van der Waals surface area contributed by atoms with Crippen LogP contribution in [0, 0.1) is 0 Å². The molecule has 1 unspecified atom stereocenters. The lowest BCUT2D eigenvalue weighted by Gasteiger charge is -2.27. The van der Waals surface area contributed by atoms with Gasteiger partial charge in [-0.15, -0.1) is 0 Å². The summed E-state index contributed by atoms with van der Waals surface area (Å²) in [5.74, 6) is 0. The molecule has 6 nitrogen and oxygen atoms in total. The number of nitrogens with zero attached hydrogens (tertiary/aromatic N) is 3. The van der Waals surface area contributed by atoms with Crippen LogP contribution in [0.5, 0.6) is 0 Å². The third-order valence-corrected chi connectivity index (χ3v) is 5.19. The number of imidazole rings is 1. The van der Waals surface area contributed by atoms with Gasteiger partial charge < -0.3 is 10.3 Å². The van der Waals surface area contributed by atoms with Gasteiger partial charge in [0.15, 0.2) is 5.03 Å². The van der Waals surface area contributed by atoms with E-state index in [0.29, 0.717) is 13.1 Å². The van der Waals surface area contributed by atoms with Gasteiger partial charge in [0.2, 0.25) is 0 Å². The summed E-state index contributed by atoms with van der Waals surface area (Å²) in [5, 5.41) is 0.116. The minimum atomic E-state index is -3.50. The monoisotopic (exact) mass is 272 g/mol. The Labute approximate surface area is 108 Å². The van der Waals surface area contributed by atoms with Gasteiger partial charge in [0.05, 0.1) is 6.33 Å². The highest BCUT2D eigenvalue weighted by atomic mass is 32.2. The van der Waals surface area contributed by atoms with Crippen molar-refractivity contribution in [3.05, 3.63) is 12.5 Å². The van der Waals surface area contributed by atoms with Crippen LogP contribution in [0.1, 0.15) is 25.7 Å². The second kappa shape index (κ2) is 5.38. The van der Waals surface area contributed by atoms with Crippen molar-refractivity contribution in [3.8, 4) is 0 Å². The van der Waals surface area contributed by atoms with E-state index in [0.717, 1.165) is 25.7 Å². The fourth-order valence-electron chi connectivity index (χ4n) is 2.34. The standard InChI is InChI=1S/C11H20N4O2S/c1-14-8-11(13-9-14)18(16,17)15-6-4-2-3-5-10(15)7-12/h8-10H,2-7,12H2,1H3. The van der Waals surface area contributed by atoms with E-state index >= 15 is 0 Å². The molecule has 1 atom stereocenters. The Balaban J connectivity index is 2.32. The molecule has 2 heterocycles. The summed E-state index contributed by atoms with van der Waals surface area (Å²) >= 11 is 0. The number of rotatable bonds is 3. The Hall–Kier alpha value is -0.920. The van der Waals surface area contributed by atoms with Crippen molar-refractivity contribution in [2.45, 2.75) is 36.8 Å². The van der Waals surface area contributed by atoms with Crippen LogP contribution < -0.4 is 5.73 Å². The predicted molar refractivity (Wildman–Crippen MR) is 68.4 cm³/mol. The second-order valence-electron chi connectivity index (χ2n) is 4.73. The SMILES string of the molecule is Cn1cnc(S(=O)(=O)N2CCCCCC2CN)c1. The number of aryl methyl sites for hydroxylation is 1. The molecule has 0 bridgehead atoms. The largest absolute Gasteiger partial charge is 0.339 e. The van der Waals surface area contributed by atoms with Gasteiger partial charge in [-0.25, -0.2) is 13.4 Å². The number of hydrogen-bond donors (Lipinski definition) is 1. The molecule has 7 heteroatoms. The van der Waals surface area contributed by atoms with Crippen LogP contribution in [0.2, 0.25) is 0 Å². The van der Waals surface area contributed by atoms with Crippen LogP contribution in [-0.2, 0) is 17.1 Å². The number of nitrogens with two attached hydrogens (primary N) is 1. The third kappa shape index (κ3) is 2.57. The quantitative estimate of drug-likeness (QED) is 0.858. The highest BCUT2D eigenvalue weighted by Gasteiger charge is 2.32. The first-order valence-corrected chi connectivity index (χ1v) is 7.69. The van der Waals surface area contributed by atoms with Gasteiger partial charge in [-0.2, -0.15) is 4.31 Å². The fourth-order valence-corrected chi connectivity index (χ4v) is 4.02. The van der Waals surface area contributed by atoms with Crippen LogP contribution >= 0.6 is 0 Å². The normalized spacial score (nSPS) is 22.9. The molecule has 1 aliphatic rings. The minimum absolute atomic E-state index is 0.0977. The first-order valence-electron chi connectivity index (χ1n) is 6.25. The van der Waals surface area contributed by atoms with Crippen LogP contribution in [-0.4, -0.2) is 41.4 Å². The molecular formula is C11H20N4O2S. The van der Waals surface area contributed by atoms with Crippen molar-refractivity contribution >= 4 is 10.0 Å². The number of aromatic nitrogens is 2. The smallest absolute Gasteiger partial charge is 0.262 e. The molecule has 1 fully saturated rings. The van der Waals surface area contributed by atoms with E-state index in [-0.39, 0.29) is 11.1 Å². The first kappa shape index (κ1) is 13.5. The van der Waals surface area contributed by atoms with Crippen molar-refractivity contribution in [1.82, 2.24) is 13.9 Å². The van der Waals surface area contributed by atoms with Gasteiger partial charge in [-0.1, -0.05) is 12.8 Å². The molecule has 18 heavy (non-hydrogen) atoms. The van der Waals surface area contributed by atoms with Crippen LogP contribution in [0.3, 0.4) is 0 Å². The maximum atomic E-state index is 12.5. The highest BCUT2D eigenvalue weighted by Crippen LogP contribution is 2.23. The molecule has 0 aromatic carbocycles. The van der Waals surface area contributed by atoms with Gasteiger partial charge in [-0.05, 0) is 12.8 Å². The zero-order valence-corrected chi connectivity index (χ0v) is 11.4. The molecular weight excluding hydrogens is 252 g/mol. The summed E-state index contributed by atoms with van der Waals surface area (Å²) in [6.07, 6.45) is 6.86. The molecule has 0 radical (unpaired) electrons. The van der Waals surface area contributed by atoms with Gasteiger partial charge >= 0.3 is 0 Å². The lowest BCUT2D eigenvalue weighted by atomic mass is 10.1. The summed E-state index contributed by atoms with van der Waals surface area (Å²) in [6, 6.07) is -0.0977. The zero-order chi connectivity index (χ0) is 13.2. The van der Waals surface area contributed by atoms with Crippen LogP contribution in [0.4, 0.5) is 0 Å². The molecule has 102 valence electrons. The maximum Gasteiger partial charge on any atom is 0.262 e. The fraction of sp³-hybridized carbons (Fsp3) is 0.727. The Morgan fingerprint density at radius 3 is 2.83 bits per heavy atom. The number of hydrogen-bond acceptors (Lipinski definition) is 4. The van der Waals surface area contributed by atoms with Crippen molar-refractivity contribution in [3.63, 3.8) is 0 Å². The van der Waals surface area contributed by atoms with E-state index in [1.165, 1.54) is 16.8 Å². The Bertz CT molecular complexity index is 497. The molecule has 0 amide bonds. The zero-order valence-electron chi connectivity index (χ0n) is 10.6. The molecule has 1 aromatic rings. The summed E-state index contributed by atoms with van der Waals surface area (Å²) in [7, 11) is -1.75. The van der Waals surface area contributed by atoms with Crippen molar-refractivity contribution in [2.24, 2.45) is 12.8 Å². The average Bonchev–Trinajstić information content (AvgIpc) is 2.65. The van der Waals surface area contributed by atoms with Crippen molar-refractivity contribution < 1.29 is 8.42 Å². The topological polar surface area (TPSA) is 81.2 Å². The summed E-state index contributed by atoms with van der Waals surface area (Å²) in [6.45, 7) is 0.910. The Morgan fingerprint density at radius 2 is 2.22 bits per heavy atom. The van der Waals surface area contributed by atoms with Gasteiger partial charge in [0.1, 0.15) is 0 Å². The van der Waals surface area contributed by atoms with E-state index in [4.69, 9.17) is 5.73 Å². The molecule has 1 aliphatic heterocycles. The lowest BCUT2D eigenvalue weighted by molar-refractivity contribution is 0.327. The molecule has 2 rings (SSSR count). The molecule has 0 aliphatic carbocycles. The van der Waals surface area contributed by atoms with Crippen molar-refractivity contribution in [2.75, 3.05) is 13.1 Å². The van der Waals surface area contributed by atoms with Crippen LogP contribution in [0.15, 0.2) is 17.6 Å². The third-order valence-electron chi connectivity index (χ3n) is 3.35. The Kier molecular flexibility index (Phi) is 4.04.